The van der Waals surface area contributed by atoms with Crippen molar-refractivity contribution in [2.24, 2.45) is 0 Å². The van der Waals surface area contributed by atoms with Gasteiger partial charge >= 0.3 is 0 Å². The molecule has 0 unspecified atom stereocenters. The molecule has 2 aliphatic heterocycles. The number of hydrogen-bond acceptors (Lipinski definition) is 12. The van der Waals surface area contributed by atoms with Gasteiger partial charge in [-0.15, -0.1) is 0 Å². The molecule has 0 saturated carbocycles. The fourth-order valence-electron chi connectivity index (χ4n) is 6.30. The van der Waals surface area contributed by atoms with Crippen LogP contribution >= 0.6 is 0 Å². The third-order valence-electron chi connectivity index (χ3n) is 9.45. The second-order valence-corrected chi connectivity index (χ2v) is 13.5. The number of amides is 2. The summed E-state index contributed by atoms with van der Waals surface area (Å²) in [6.07, 6.45) is 7.52. The zero-order chi connectivity index (χ0) is 35.3. The molecule has 2 fully saturated rings. The van der Waals surface area contributed by atoms with Crippen molar-refractivity contribution in [3.8, 4) is 0 Å². The number of aliphatic hydroxyl groups is 8. The first-order valence-electron chi connectivity index (χ1n) is 18.3. The molecule has 10 N–H and O–H groups in total. The Morgan fingerprint density at radius 1 is 0.396 bits per heavy atom. The Morgan fingerprint density at radius 3 is 0.896 bits per heavy atom. The van der Waals surface area contributed by atoms with Gasteiger partial charge in [-0.3, -0.25) is 9.59 Å². The first kappa shape index (κ1) is 42.7. The maximum absolute atomic E-state index is 12.2. The predicted octanol–water partition coefficient (Wildman–Crippen LogP) is 0.621. The molecule has 48 heavy (non-hydrogen) atoms. The Kier molecular flexibility index (Phi) is 21.9. The van der Waals surface area contributed by atoms with Gasteiger partial charge in [0.1, 0.15) is 48.8 Å². The lowest BCUT2D eigenvalue weighted by Gasteiger charge is -2.40. The molecule has 14 heteroatoms. The van der Waals surface area contributed by atoms with E-state index in [1.54, 1.807) is 0 Å². The Morgan fingerprint density at radius 2 is 0.646 bits per heavy atom. The van der Waals surface area contributed by atoms with Crippen molar-refractivity contribution in [1.82, 2.24) is 10.6 Å². The summed E-state index contributed by atoms with van der Waals surface area (Å²) in [7, 11) is 0. The molecule has 0 aromatic carbocycles. The van der Waals surface area contributed by atoms with Gasteiger partial charge in [0.2, 0.25) is 11.8 Å². The lowest BCUT2D eigenvalue weighted by Crippen LogP contribution is -2.63. The average Bonchev–Trinajstić information content (AvgIpc) is 3.07. The molecule has 0 radical (unpaired) electrons. The highest BCUT2D eigenvalue weighted by molar-refractivity contribution is 5.76. The molecule has 282 valence electrons. The fourth-order valence-corrected chi connectivity index (χ4v) is 6.30. The fraction of sp³-hybridized carbons (Fsp3) is 0.941. The number of aliphatic hydroxyl groups excluding tert-OH is 8. The van der Waals surface area contributed by atoms with Crippen LogP contribution in [0.2, 0.25) is 0 Å². The zero-order valence-electron chi connectivity index (χ0n) is 28.5. The van der Waals surface area contributed by atoms with Gasteiger partial charge < -0.3 is 61.0 Å². The van der Waals surface area contributed by atoms with E-state index < -0.39 is 74.5 Å². The average molecular weight is 693 g/mol. The minimum absolute atomic E-state index is 0.286. The van der Waals surface area contributed by atoms with Gasteiger partial charge in [0, 0.05) is 12.8 Å². The summed E-state index contributed by atoms with van der Waals surface area (Å²) in [5.41, 5.74) is 0. The Labute approximate surface area is 285 Å². The van der Waals surface area contributed by atoms with E-state index in [4.69, 9.17) is 9.47 Å². The van der Waals surface area contributed by atoms with Crippen LogP contribution in [0.1, 0.15) is 128 Å². The molecule has 2 amide bonds. The van der Waals surface area contributed by atoms with Crippen molar-refractivity contribution >= 4 is 11.8 Å². The van der Waals surface area contributed by atoms with Crippen LogP contribution < -0.4 is 10.6 Å². The molecule has 0 aromatic heterocycles. The molecule has 2 aliphatic rings. The molecule has 0 aliphatic carbocycles. The molecule has 0 bridgehead atoms. The maximum atomic E-state index is 12.2. The van der Waals surface area contributed by atoms with E-state index in [2.05, 4.69) is 10.6 Å². The van der Waals surface area contributed by atoms with Crippen molar-refractivity contribution in [3.63, 3.8) is 0 Å². The lowest BCUT2D eigenvalue weighted by atomic mass is 9.98. The smallest absolute Gasteiger partial charge is 0.222 e. The first-order valence-corrected chi connectivity index (χ1v) is 18.3. The number of carbonyl (C=O) groups is 2. The summed E-state index contributed by atoms with van der Waals surface area (Å²) in [5, 5.41) is 82.8. The SMILES string of the molecule is O=C(CCCCCCCCCCCCCCCCCCCCC(=O)N[C@@H]1O[C@H](CO)[C@@H](O)[C@H](O)[C@H]1O)N[C@@H]1O[C@H](CO)[C@@H](O)[C@H](O)[C@H]1O. The second-order valence-electron chi connectivity index (χ2n) is 13.5. The minimum Gasteiger partial charge on any atom is -0.394 e. The monoisotopic (exact) mass is 692 g/mol. The molecular formula is C34H64N2O12. The van der Waals surface area contributed by atoms with Gasteiger partial charge in [-0.2, -0.15) is 0 Å². The van der Waals surface area contributed by atoms with Crippen LogP contribution in [-0.2, 0) is 19.1 Å². The molecule has 0 aromatic rings. The van der Waals surface area contributed by atoms with Crippen molar-refractivity contribution < 1.29 is 59.9 Å². The molecule has 2 rings (SSSR count). The van der Waals surface area contributed by atoms with E-state index in [1.807, 2.05) is 0 Å². The highest BCUT2D eigenvalue weighted by atomic mass is 16.6. The van der Waals surface area contributed by atoms with E-state index in [-0.39, 0.29) is 24.7 Å². The third kappa shape index (κ3) is 15.6. The third-order valence-corrected chi connectivity index (χ3v) is 9.45. The standard InChI is InChI=1S/C34H64N2O12/c37-21-23-27(41)29(43)31(45)33(47-23)35-25(39)19-17-15-13-11-9-7-5-3-1-2-4-6-8-10-12-14-16-18-20-26(40)36-34-32(46)30(44)28(42)24(22-38)48-34/h23-24,27-34,37-38,41-46H,1-22H2,(H,35,39)(H,36,40)/t23-,24-,27-,28-,29+,30+,31-,32-,33-,34-/m1/s1. The van der Waals surface area contributed by atoms with Gasteiger partial charge in [-0.1, -0.05) is 103 Å². The van der Waals surface area contributed by atoms with Crippen LogP contribution in [0.15, 0.2) is 0 Å². The van der Waals surface area contributed by atoms with Crippen LogP contribution in [0.3, 0.4) is 0 Å². The van der Waals surface area contributed by atoms with E-state index in [9.17, 15) is 50.4 Å². The summed E-state index contributed by atoms with van der Waals surface area (Å²) in [6, 6.07) is 0. The number of carbonyl (C=O) groups excluding carboxylic acids is 2. The number of ether oxygens (including phenoxy) is 2. The van der Waals surface area contributed by atoms with Gasteiger partial charge in [0.05, 0.1) is 13.2 Å². The summed E-state index contributed by atoms with van der Waals surface area (Å²) >= 11 is 0. The van der Waals surface area contributed by atoms with E-state index >= 15 is 0 Å². The molecule has 10 atom stereocenters. The Bertz CT molecular complexity index is 798. The first-order chi connectivity index (χ1) is 23.1. The van der Waals surface area contributed by atoms with Crippen LogP contribution in [0.25, 0.3) is 0 Å². The van der Waals surface area contributed by atoms with Crippen molar-refractivity contribution in [2.45, 2.75) is 190 Å². The predicted molar refractivity (Wildman–Crippen MR) is 176 cm³/mol. The molecule has 2 saturated heterocycles. The number of rotatable bonds is 25. The zero-order valence-corrected chi connectivity index (χ0v) is 28.5. The minimum atomic E-state index is -1.50. The maximum Gasteiger partial charge on any atom is 0.222 e. The van der Waals surface area contributed by atoms with Crippen molar-refractivity contribution in [2.75, 3.05) is 13.2 Å². The number of unbranched alkanes of at least 4 members (excludes halogenated alkanes) is 17. The Hall–Kier alpha value is -1.46. The Balaban J connectivity index is 1.31. The van der Waals surface area contributed by atoms with Gasteiger partial charge in [-0.05, 0) is 12.8 Å². The molecule has 14 nitrogen and oxygen atoms in total. The van der Waals surface area contributed by atoms with Gasteiger partial charge in [0.25, 0.3) is 0 Å². The normalized spacial score (nSPS) is 30.7. The topological polar surface area (TPSA) is 238 Å². The summed E-state index contributed by atoms with van der Waals surface area (Å²) in [6.45, 7) is -1.06. The van der Waals surface area contributed by atoms with Gasteiger partial charge in [0.15, 0.2) is 12.5 Å². The molecule has 2 heterocycles. The van der Waals surface area contributed by atoms with Crippen LogP contribution in [0.4, 0.5) is 0 Å². The molecular weight excluding hydrogens is 628 g/mol. The number of nitrogens with one attached hydrogen (secondary N) is 2. The van der Waals surface area contributed by atoms with Crippen molar-refractivity contribution in [1.29, 1.82) is 0 Å². The van der Waals surface area contributed by atoms with E-state index in [0.29, 0.717) is 0 Å². The summed E-state index contributed by atoms with van der Waals surface area (Å²) in [4.78, 5) is 24.4. The summed E-state index contributed by atoms with van der Waals surface area (Å²) in [5.74, 6) is -0.594. The lowest BCUT2D eigenvalue weighted by molar-refractivity contribution is -0.236. The highest BCUT2D eigenvalue weighted by Crippen LogP contribution is 2.21. The highest BCUT2D eigenvalue weighted by Gasteiger charge is 2.45. The summed E-state index contributed by atoms with van der Waals surface area (Å²) < 4.78 is 10.6. The van der Waals surface area contributed by atoms with E-state index in [0.717, 1.165) is 51.4 Å². The van der Waals surface area contributed by atoms with Crippen LogP contribution in [-0.4, -0.2) is 127 Å². The van der Waals surface area contributed by atoms with Crippen LogP contribution in [0.5, 0.6) is 0 Å². The van der Waals surface area contributed by atoms with E-state index in [1.165, 1.54) is 64.2 Å². The second kappa shape index (κ2) is 24.6. The number of hydrogen-bond donors (Lipinski definition) is 10. The molecule has 0 spiro atoms. The van der Waals surface area contributed by atoms with Gasteiger partial charge in [-0.25, -0.2) is 0 Å². The van der Waals surface area contributed by atoms with Crippen molar-refractivity contribution in [3.05, 3.63) is 0 Å². The van der Waals surface area contributed by atoms with Crippen LogP contribution in [0, 0.1) is 0 Å². The largest absolute Gasteiger partial charge is 0.394 e. The quantitative estimate of drug-likeness (QED) is 0.0593.